The van der Waals surface area contributed by atoms with Gasteiger partial charge < -0.3 is 15.7 Å². The highest BCUT2D eigenvalue weighted by atomic mass is 19.1. The zero-order chi connectivity index (χ0) is 20.5. The number of amides is 1. The zero-order valence-corrected chi connectivity index (χ0v) is 16.3. The summed E-state index contributed by atoms with van der Waals surface area (Å²) in [7, 11) is 0. The van der Waals surface area contributed by atoms with Crippen molar-refractivity contribution in [3.8, 4) is 11.1 Å². The number of nitrogens with zero attached hydrogens (tertiary/aromatic N) is 3. The van der Waals surface area contributed by atoms with Gasteiger partial charge in [-0.25, -0.2) is 8.91 Å². The smallest absolute Gasteiger partial charge is 0.255 e. The molecule has 0 fully saturated rings. The average Bonchev–Trinajstić information content (AvgIpc) is 3.27. The second-order valence-electron chi connectivity index (χ2n) is 7.61. The zero-order valence-electron chi connectivity index (χ0n) is 16.3. The van der Waals surface area contributed by atoms with Gasteiger partial charge in [-0.2, -0.15) is 10.2 Å². The number of fused-ring (bicyclic) bond motifs is 1. The number of alkyl halides is 1. The van der Waals surface area contributed by atoms with Gasteiger partial charge in [0.25, 0.3) is 5.91 Å². The molecule has 0 aliphatic heterocycles. The molecule has 1 amide bonds. The third-order valence-electron chi connectivity index (χ3n) is 4.35. The monoisotopic (exact) mass is 388 g/mol. The van der Waals surface area contributed by atoms with Gasteiger partial charge in [-0.3, -0.25) is 9.89 Å². The van der Waals surface area contributed by atoms with Crippen LogP contribution in [-0.2, 0) is 0 Å². The molecular formula is C19H25FN6O2. The van der Waals surface area contributed by atoms with Crippen molar-refractivity contribution >= 4 is 17.1 Å². The summed E-state index contributed by atoms with van der Waals surface area (Å²) in [6.45, 7) is 6.35. The van der Waals surface area contributed by atoms with Crippen LogP contribution in [0.25, 0.3) is 16.6 Å². The van der Waals surface area contributed by atoms with Crippen LogP contribution in [0, 0.1) is 0 Å². The number of H-pyrrole nitrogens is 1. The quantitative estimate of drug-likeness (QED) is 0.497. The first-order valence-electron chi connectivity index (χ1n) is 9.08. The number of carbonyl (C=O) groups is 1. The van der Waals surface area contributed by atoms with Gasteiger partial charge in [0.2, 0.25) is 0 Å². The van der Waals surface area contributed by atoms with Crippen molar-refractivity contribution in [2.24, 2.45) is 0 Å². The van der Waals surface area contributed by atoms with Gasteiger partial charge in [-0.15, -0.1) is 0 Å². The number of rotatable bonds is 7. The predicted octanol–water partition coefficient (Wildman–Crippen LogP) is 2.38. The van der Waals surface area contributed by atoms with Gasteiger partial charge >= 0.3 is 0 Å². The predicted molar refractivity (Wildman–Crippen MR) is 105 cm³/mol. The van der Waals surface area contributed by atoms with Crippen molar-refractivity contribution < 1.29 is 14.3 Å². The summed E-state index contributed by atoms with van der Waals surface area (Å²) in [4.78, 5) is 12.7. The number of aliphatic hydroxyl groups is 1. The van der Waals surface area contributed by atoms with Crippen molar-refractivity contribution in [2.75, 3.05) is 11.9 Å². The Kier molecular flexibility index (Phi) is 5.37. The summed E-state index contributed by atoms with van der Waals surface area (Å²) < 4.78 is 15.7. The van der Waals surface area contributed by atoms with Crippen LogP contribution >= 0.6 is 0 Å². The van der Waals surface area contributed by atoms with Crippen molar-refractivity contribution in [2.45, 2.75) is 45.5 Å². The Morgan fingerprint density at radius 1 is 1.36 bits per heavy atom. The minimum Gasteiger partial charge on any atom is -0.387 e. The lowest BCUT2D eigenvalue weighted by molar-refractivity contribution is -0.00177. The molecule has 0 aromatic carbocycles. The second-order valence-corrected chi connectivity index (χ2v) is 7.61. The number of hydrogen-bond acceptors (Lipinski definition) is 5. The van der Waals surface area contributed by atoms with E-state index in [9.17, 15) is 14.3 Å². The van der Waals surface area contributed by atoms with Gasteiger partial charge in [-0.1, -0.05) is 0 Å². The van der Waals surface area contributed by atoms with E-state index < -0.39 is 17.7 Å². The standard InChI is InChI=1S/C19H25FN6O2/c1-11(2)25-17-14(18(27)21-9-16(20)19(3,4)28)8-24-26-10-12(5-15(17)26)13-6-22-23-7-13/h5-8,10-11,16,25,28H,9H2,1-4H3,(H,21,27)(H,22,23). The topological polar surface area (TPSA) is 107 Å². The number of hydrogen-bond donors (Lipinski definition) is 4. The fourth-order valence-electron chi connectivity index (χ4n) is 2.76. The van der Waals surface area contributed by atoms with E-state index in [-0.39, 0.29) is 12.6 Å². The van der Waals surface area contributed by atoms with Crippen LogP contribution in [0.2, 0.25) is 0 Å². The minimum absolute atomic E-state index is 0.0651. The molecule has 0 aliphatic rings. The lowest BCUT2D eigenvalue weighted by Crippen LogP contribution is -2.42. The first kappa shape index (κ1) is 19.8. The lowest BCUT2D eigenvalue weighted by atomic mass is 10.0. The van der Waals surface area contributed by atoms with Gasteiger partial charge in [0.15, 0.2) is 0 Å². The third kappa shape index (κ3) is 4.14. The Balaban J connectivity index is 1.96. The molecule has 28 heavy (non-hydrogen) atoms. The van der Waals surface area contributed by atoms with E-state index in [4.69, 9.17) is 0 Å². The maximum Gasteiger partial charge on any atom is 0.255 e. The maximum atomic E-state index is 14.0. The Morgan fingerprint density at radius 3 is 2.71 bits per heavy atom. The largest absolute Gasteiger partial charge is 0.387 e. The number of anilines is 1. The molecular weight excluding hydrogens is 363 g/mol. The highest BCUT2D eigenvalue weighted by molar-refractivity contribution is 6.03. The molecule has 150 valence electrons. The van der Waals surface area contributed by atoms with Crippen molar-refractivity contribution in [1.82, 2.24) is 25.1 Å². The molecule has 9 heteroatoms. The molecule has 3 heterocycles. The molecule has 3 aromatic heterocycles. The van der Waals surface area contributed by atoms with Crippen LogP contribution in [0.3, 0.4) is 0 Å². The molecule has 4 N–H and O–H groups in total. The van der Waals surface area contributed by atoms with E-state index in [0.717, 1.165) is 16.6 Å². The molecule has 0 radical (unpaired) electrons. The fourth-order valence-corrected chi connectivity index (χ4v) is 2.76. The van der Waals surface area contributed by atoms with Crippen LogP contribution < -0.4 is 10.6 Å². The summed E-state index contributed by atoms with van der Waals surface area (Å²) in [5.74, 6) is -0.462. The van der Waals surface area contributed by atoms with E-state index in [2.05, 4.69) is 25.9 Å². The summed E-state index contributed by atoms with van der Waals surface area (Å²) in [6.07, 6.45) is 5.19. The van der Waals surface area contributed by atoms with E-state index >= 15 is 0 Å². The van der Waals surface area contributed by atoms with E-state index in [1.165, 1.54) is 20.0 Å². The highest BCUT2D eigenvalue weighted by Gasteiger charge is 2.27. The second kappa shape index (κ2) is 7.59. The third-order valence-corrected chi connectivity index (χ3v) is 4.35. The first-order valence-corrected chi connectivity index (χ1v) is 9.08. The molecule has 3 aromatic rings. The fraction of sp³-hybridized carbons (Fsp3) is 0.421. The van der Waals surface area contributed by atoms with Crippen LogP contribution in [-0.4, -0.2) is 55.2 Å². The number of aromatic nitrogens is 4. The van der Waals surface area contributed by atoms with Crippen LogP contribution in [0.15, 0.2) is 30.9 Å². The first-order chi connectivity index (χ1) is 13.2. The van der Waals surface area contributed by atoms with E-state index in [1.54, 1.807) is 16.9 Å². The van der Waals surface area contributed by atoms with Gasteiger partial charge in [0, 0.05) is 29.6 Å². The SMILES string of the molecule is CC(C)Nc1c(C(=O)NCC(F)C(C)(C)O)cnn2cc(-c3cn[nH]c3)cc12. The van der Waals surface area contributed by atoms with Crippen molar-refractivity contribution in [3.05, 3.63) is 36.4 Å². The Morgan fingerprint density at radius 2 is 2.11 bits per heavy atom. The van der Waals surface area contributed by atoms with E-state index in [1.807, 2.05) is 26.1 Å². The minimum atomic E-state index is -1.59. The molecule has 1 unspecified atom stereocenters. The van der Waals surface area contributed by atoms with Gasteiger partial charge in [-0.05, 0) is 33.8 Å². The lowest BCUT2D eigenvalue weighted by Gasteiger charge is -2.23. The number of halogens is 1. The molecule has 0 aliphatic carbocycles. The number of nitrogens with one attached hydrogen (secondary N) is 3. The highest BCUT2D eigenvalue weighted by Crippen LogP contribution is 2.28. The number of aromatic amines is 1. The summed E-state index contributed by atoms with van der Waals surface area (Å²) in [5.41, 5.74) is 1.90. The molecule has 0 bridgehead atoms. The summed E-state index contributed by atoms with van der Waals surface area (Å²) >= 11 is 0. The Labute approximate surface area is 162 Å². The van der Waals surface area contributed by atoms with Crippen LogP contribution in [0.4, 0.5) is 10.1 Å². The average molecular weight is 388 g/mol. The Bertz CT molecular complexity index is 959. The molecule has 0 spiro atoms. The maximum absolute atomic E-state index is 14.0. The van der Waals surface area contributed by atoms with Gasteiger partial charge in [0.05, 0.1) is 41.3 Å². The summed E-state index contributed by atoms with van der Waals surface area (Å²) in [6, 6.07) is 1.98. The van der Waals surface area contributed by atoms with Gasteiger partial charge in [0.1, 0.15) is 6.17 Å². The Hall–Kier alpha value is -2.94. The summed E-state index contributed by atoms with van der Waals surface area (Å²) in [5, 5.41) is 26.6. The van der Waals surface area contributed by atoms with E-state index in [0.29, 0.717) is 11.3 Å². The van der Waals surface area contributed by atoms with Crippen LogP contribution in [0.1, 0.15) is 38.1 Å². The molecule has 1 atom stereocenters. The van der Waals surface area contributed by atoms with Crippen LogP contribution in [0.5, 0.6) is 0 Å². The molecule has 3 rings (SSSR count). The number of carbonyl (C=O) groups excluding carboxylic acids is 1. The van der Waals surface area contributed by atoms with Crippen molar-refractivity contribution in [1.29, 1.82) is 0 Å². The van der Waals surface area contributed by atoms with Crippen molar-refractivity contribution in [3.63, 3.8) is 0 Å². The molecule has 0 saturated carbocycles. The molecule has 8 nitrogen and oxygen atoms in total. The normalized spacial score (nSPS) is 13.1. The molecule has 0 saturated heterocycles.